The van der Waals surface area contributed by atoms with Crippen LogP contribution >= 0.6 is 0 Å². The summed E-state index contributed by atoms with van der Waals surface area (Å²) in [5.41, 5.74) is 0.427. The van der Waals surface area contributed by atoms with Crippen molar-refractivity contribution in [2.45, 2.75) is 25.8 Å². The van der Waals surface area contributed by atoms with Gasteiger partial charge in [0.05, 0.1) is 11.0 Å². The fourth-order valence-corrected chi connectivity index (χ4v) is 1.79. The topological polar surface area (TPSA) is 55.2 Å². The largest absolute Gasteiger partial charge is 0.313 e. The Labute approximate surface area is 99.0 Å². The van der Waals surface area contributed by atoms with Crippen molar-refractivity contribution in [2.75, 3.05) is 6.54 Å². The van der Waals surface area contributed by atoms with Crippen molar-refractivity contribution in [1.29, 1.82) is 0 Å². The first-order valence-electron chi connectivity index (χ1n) is 5.80. The van der Waals surface area contributed by atoms with E-state index >= 15 is 0 Å². The molecule has 0 saturated heterocycles. The van der Waals surface area contributed by atoms with Crippen LogP contribution in [0, 0.1) is 21.8 Å². The van der Waals surface area contributed by atoms with Crippen LogP contribution in [0.5, 0.6) is 0 Å². The first kappa shape index (κ1) is 12.0. The van der Waals surface area contributed by atoms with Crippen molar-refractivity contribution in [2.24, 2.45) is 5.92 Å². The zero-order valence-corrected chi connectivity index (χ0v) is 9.49. The molecule has 0 aromatic heterocycles. The zero-order valence-electron chi connectivity index (χ0n) is 9.49. The maximum atomic E-state index is 13.1. The number of nitro benzene ring substituents is 1. The molecule has 5 heteroatoms. The van der Waals surface area contributed by atoms with E-state index < -0.39 is 10.7 Å². The number of rotatable bonds is 6. The van der Waals surface area contributed by atoms with Crippen molar-refractivity contribution in [3.8, 4) is 0 Å². The molecule has 1 fully saturated rings. The second-order valence-corrected chi connectivity index (χ2v) is 4.48. The third-order valence-electron chi connectivity index (χ3n) is 2.91. The van der Waals surface area contributed by atoms with Gasteiger partial charge < -0.3 is 5.32 Å². The fraction of sp³-hybridized carbons (Fsp3) is 0.500. The van der Waals surface area contributed by atoms with Crippen LogP contribution in [-0.4, -0.2) is 11.5 Å². The number of benzene rings is 1. The van der Waals surface area contributed by atoms with Crippen LogP contribution in [0.3, 0.4) is 0 Å². The summed E-state index contributed by atoms with van der Waals surface area (Å²) >= 11 is 0. The van der Waals surface area contributed by atoms with E-state index in [2.05, 4.69) is 5.32 Å². The second kappa shape index (κ2) is 5.23. The van der Waals surface area contributed by atoms with Crippen LogP contribution in [-0.2, 0) is 6.54 Å². The molecular formula is C12H15FN2O2. The third kappa shape index (κ3) is 3.78. The lowest BCUT2D eigenvalue weighted by Gasteiger charge is -2.04. The minimum absolute atomic E-state index is 0.191. The van der Waals surface area contributed by atoms with Crippen LogP contribution < -0.4 is 5.32 Å². The monoisotopic (exact) mass is 238 g/mol. The van der Waals surface area contributed by atoms with Crippen molar-refractivity contribution in [3.63, 3.8) is 0 Å². The fourth-order valence-electron chi connectivity index (χ4n) is 1.79. The van der Waals surface area contributed by atoms with Crippen molar-refractivity contribution >= 4 is 5.69 Å². The number of halogens is 1. The molecule has 1 saturated carbocycles. The minimum Gasteiger partial charge on any atom is -0.313 e. The molecule has 0 atom stereocenters. The van der Waals surface area contributed by atoms with E-state index in [0.29, 0.717) is 12.1 Å². The van der Waals surface area contributed by atoms with Crippen LogP contribution in [0.2, 0.25) is 0 Å². The van der Waals surface area contributed by atoms with Gasteiger partial charge in [0.2, 0.25) is 0 Å². The quantitative estimate of drug-likeness (QED) is 0.471. The van der Waals surface area contributed by atoms with Crippen LogP contribution in [0.1, 0.15) is 24.8 Å². The Hall–Kier alpha value is -1.49. The Kier molecular flexibility index (Phi) is 3.68. The lowest BCUT2D eigenvalue weighted by Crippen LogP contribution is -2.15. The Morgan fingerprint density at radius 2 is 2.18 bits per heavy atom. The molecule has 0 aliphatic heterocycles. The number of nitrogens with zero attached hydrogens (tertiary/aromatic N) is 1. The first-order valence-corrected chi connectivity index (χ1v) is 5.80. The Morgan fingerprint density at radius 1 is 1.41 bits per heavy atom. The van der Waals surface area contributed by atoms with Gasteiger partial charge >= 0.3 is 0 Å². The van der Waals surface area contributed by atoms with Gasteiger partial charge in [0, 0.05) is 12.6 Å². The molecule has 1 N–H and O–H groups in total. The Bertz CT molecular complexity index is 419. The number of hydrogen-bond donors (Lipinski definition) is 1. The molecule has 0 heterocycles. The molecule has 1 aliphatic carbocycles. The average molecular weight is 238 g/mol. The summed E-state index contributed by atoms with van der Waals surface area (Å²) in [7, 11) is 0. The van der Waals surface area contributed by atoms with Gasteiger partial charge in [0.15, 0.2) is 0 Å². The smallest absolute Gasteiger partial charge is 0.272 e. The molecule has 0 radical (unpaired) electrons. The van der Waals surface area contributed by atoms with E-state index in [4.69, 9.17) is 0 Å². The molecule has 0 bridgehead atoms. The summed E-state index contributed by atoms with van der Waals surface area (Å²) in [6, 6.07) is 3.68. The van der Waals surface area contributed by atoms with E-state index in [1.165, 1.54) is 25.0 Å². The highest BCUT2D eigenvalue weighted by molar-refractivity contribution is 5.35. The van der Waals surface area contributed by atoms with Crippen LogP contribution in [0.25, 0.3) is 0 Å². The first-order chi connectivity index (χ1) is 8.15. The average Bonchev–Trinajstić information content (AvgIpc) is 3.07. The van der Waals surface area contributed by atoms with Gasteiger partial charge in [-0.2, -0.15) is 0 Å². The predicted molar refractivity (Wildman–Crippen MR) is 62.1 cm³/mol. The number of nitro groups is 1. The van der Waals surface area contributed by atoms with Gasteiger partial charge in [-0.25, -0.2) is 4.39 Å². The Balaban J connectivity index is 1.87. The van der Waals surface area contributed by atoms with E-state index in [0.717, 1.165) is 24.9 Å². The van der Waals surface area contributed by atoms with Gasteiger partial charge in [0.25, 0.3) is 5.69 Å². The Morgan fingerprint density at radius 3 is 2.82 bits per heavy atom. The second-order valence-electron chi connectivity index (χ2n) is 4.48. The highest BCUT2D eigenvalue weighted by Crippen LogP contribution is 2.31. The van der Waals surface area contributed by atoms with Gasteiger partial charge in [-0.05, 0) is 30.5 Å². The van der Waals surface area contributed by atoms with Gasteiger partial charge in [-0.1, -0.05) is 12.8 Å². The summed E-state index contributed by atoms with van der Waals surface area (Å²) in [4.78, 5) is 9.98. The zero-order chi connectivity index (χ0) is 12.3. The maximum Gasteiger partial charge on any atom is 0.272 e. The van der Waals surface area contributed by atoms with Crippen LogP contribution in [0.15, 0.2) is 18.2 Å². The van der Waals surface area contributed by atoms with E-state index in [-0.39, 0.29) is 5.69 Å². The molecule has 1 aromatic carbocycles. The normalized spacial score (nSPS) is 14.9. The third-order valence-corrected chi connectivity index (χ3v) is 2.91. The number of nitrogens with one attached hydrogen (secondary N) is 1. The molecule has 0 unspecified atom stereocenters. The number of hydrogen-bond acceptors (Lipinski definition) is 3. The number of non-ortho nitro benzene ring substituents is 1. The molecule has 1 aliphatic rings. The van der Waals surface area contributed by atoms with Crippen molar-refractivity contribution < 1.29 is 9.31 Å². The van der Waals surface area contributed by atoms with Crippen molar-refractivity contribution in [1.82, 2.24) is 5.32 Å². The summed E-state index contributed by atoms with van der Waals surface area (Å²) in [5, 5.41) is 13.7. The molecule has 0 amide bonds. The molecule has 2 rings (SSSR count). The van der Waals surface area contributed by atoms with E-state index in [9.17, 15) is 14.5 Å². The maximum absolute atomic E-state index is 13.1. The summed E-state index contributed by atoms with van der Waals surface area (Å²) in [5.74, 6) is 0.294. The molecule has 1 aromatic rings. The summed E-state index contributed by atoms with van der Waals surface area (Å²) in [6.45, 7) is 1.36. The minimum atomic E-state index is -0.573. The molecule has 92 valence electrons. The summed E-state index contributed by atoms with van der Waals surface area (Å²) in [6.07, 6.45) is 3.76. The van der Waals surface area contributed by atoms with Crippen LogP contribution in [0.4, 0.5) is 10.1 Å². The standard InChI is InChI=1S/C12H15FN2O2/c13-11-5-10(6-12(7-11)15(16)17)8-14-4-3-9-1-2-9/h5-7,9,14H,1-4,8H2. The lowest BCUT2D eigenvalue weighted by molar-refractivity contribution is -0.385. The molecule has 0 spiro atoms. The van der Waals surface area contributed by atoms with Gasteiger partial charge in [-0.3, -0.25) is 10.1 Å². The van der Waals surface area contributed by atoms with E-state index in [1.807, 2.05) is 0 Å². The molecular weight excluding hydrogens is 223 g/mol. The SMILES string of the molecule is O=[N+]([O-])c1cc(F)cc(CNCCC2CC2)c1. The molecule has 17 heavy (non-hydrogen) atoms. The van der Waals surface area contributed by atoms with Crippen molar-refractivity contribution in [3.05, 3.63) is 39.7 Å². The highest BCUT2D eigenvalue weighted by atomic mass is 19.1. The summed E-state index contributed by atoms with van der Waals surface area (Å²) < 4.78 is 13.1. The van der Waals surface area contributed by atoms with Gasteiger partial charge in [0.1, 0.15) is 5.82 Å². The lowest BCUT2D eigenvalue weighted by atomic mass is 10.2. The van der Waals surface area contributed by atoms with Gasteiger partial charge in [-0.15, -0.1) is 0 Å². The predicted octanol–water partition coefficient (Wildman–Crippen LogP) is 2.62. The highest BCUT2D eigenvalue weighted by Gasteiger charge is 2.20. The van der Waals surface area contributed by atoms with E-state index in [1.54, 1.807) is 0 Å². The molecule has 4 nitrogen and oxygen atoms in total.